The van der Waals surface area contributed by atoms with E-state index in [9.17, 15) is 19.5 Å². The number of hydrazone groups is 1. The van der Waals surface area contributed by atoms with Gasteiger partial charge in [0.2, 0.25) is 0 Å². The van der Waals surface area contributed by atoms with Crippen LogP contribution in [0.5, 0.6) is 0 Å². The first kappa shape index (κ1) is 23.6. The van der Waals surface area contributed by atoms with Crippen LogP contribution in [0.2, 0.25) is 0 Å². The van der Waals surface area contributed by atoms with Gasteiger partial charge in [0, 0.05) is 22.1 Å². The van der Waals surface area contributed by atoms with Crippen molar-refractivity contribution in [1.29, 1.82) is 0 Å². The number of esters is 1. The van der Waals surface area contributed by atoms with Crippen molar-refractivity contribution in [2.75, 3.05) is 6.54 Å². The van der Waals surface area contributed by atoms with Gasteiger partial charge >= 0.3 is 5.97 Å². The summed E-state index contributed by atoms with van der Waals surface area (Å²) in [4.78, 5) is 42.0. The molecule has 11 heteroatoms. The molecule has 5 rings (SSSR count). The summed E-state index contributed by atoms with van der Waals surface area (Å²) < 4.78 is 6.67. The van der Waals surface area contributed by atoms with Gasteiger partial charge < -0.3 is 20.1 Å². The van der Waals surface area contributed by atoms with Gasteiger partial charge in [-0.3, -0.25) is 9.59 Å². The number of fused-ring (bicyclic) bond motifs is 5. The summed E-state index contributed by atoms with van der Waals surface area (Å²) in [6.07, 6.45) is 1.58. The van der Waals surface area contributed by atoms with Crippen LogP contribution in [0.1, 0.15) is 35.6 Å². The highest BCUT2D eigenvalue weighted by Gasteiger charge is 2.45. The second-order valence-corrected chi connectivity index (χ2v) is 7.97. The molecule has 0 spiro atoms. The highest BCUT2D eigenvalue weighted by Crippen LogP contribution is 2.39. The maximum absolute atomic E-state index is 13.4. The number of carbonyl (C=O) groups is 2. The van der Waals surface area contributed by atoms with Gasteiger partial charge in [0.15, 0.2) is 5.60 Å². The molecule has 2 aromatic heterocycles. The second kappa shape index (κ2) is 8.64. The van der Waals surface area contributed by atoms with Crippen LogP contribution in [0.25, 0.3) is 22.3 Å². The Bertz CT molecular complexity index is 1430. The van der Waals surface area contributed by atoms with Crippen molar-refractivity contribution >= 4 is 41.4 Å². The van der Waals surface area contributed by atoms with Gasteiger partial charge in [0.25, 0.3) is 11.5 Å². The maximum Gasteiger partial charge on any atom is 0.343 e. The molecule has 0 saturated heterocycles. The van der Waals surface area contributed by atoms with Gasteiger partial charge in [0.1, 0.15) is 6.61 Å². The number of pyridine rings is 2. The summed E-state index contributed by atoms with van der Waals surface area (Å²) in [7, 11) is 0. The monoisotopic (exact) mass is 483 g/mol. The minimum Gasteiger partial charge on any atom is -0.458 e. The van der Waals surface area contributed by atoms with E-state index >= 15 is 0 Å². The smallest absolute Gasteiger partial charge is 0.343 e. The summed E-state index contributed by atoms with van der Waals surface area (Å²) >= 11 is 0. The Labute approximate surface area is 199 Å². The number of nitrogens with zero attached hydrogens (tertiary/aromatic N) is 3. The van der Waals surface area contributed by atoms with Crippen molar-refractivity contribution in [3.8, 4) is 11.4 Å². The molecule has 34 heavy (non-hydrogen) atoms. The van der Waals surface area contributed by atoms with Gasteiger partial charge in [-0.1, -0.05) is 25.1 Å². The lowest BCUT2D eigenvalue weighted by Gasteiger charge is -2.31. The fourth-order valence-electron chi connectivity index (χ4n) is 4.42. The second-order valence-electron chi connectivity index (χ2n) is 7.97. The lowest BCUT2D eigenvalue weighted by atomic mass is 9.86. The zero-order valence-electron chi connectivity index (χ0n) is 18.2. The Balaban J connectivity index is 0.00000274. The topological polar surface area (TPSA) is 149 Å². The molecule has 0 saturated carbocycles. The van der Waals surface area contributed by atoms with E-state index in [0.29, 0.717) is 22.5 Å². The van der Waals surface area contributed by atoms with E-state index in [1.165, 1.54) is 6.21 Å². The van der Waals surface area contributed by atoms with Crippen LogP contribution in [-0.4, -0.2) is 39.3 Å². The number of hydrogen-bond acceptors (Lipinski definition) is 8. The minimum absolute atomic E-state index is 0. The molecule has 0 unspecified atom stereocenters. The molecule has 0 radical (unpaired) electrons. The number of benzene rings is 1. The quantitative estimate of drug-likeness (QED) is 0.222. The number of carbonyl (C=O) groups excluding carboxylic acids is 2. The SMILES string of the molecule is CC[C@@]1(O)C(=O)OCc2c1cc1n(c2=O)Cc2c-1nc1ccccc1c2C=NNC(=O)CN.Cl. The molecule has 4 heterocycles. The molecule has 2 aliphatic heterocycles. The third kappa shape index (κ3) is 3.38. The largest absolute Gasteiger partial charge is 0.458 e. The summed E-state index contributed by atoms with van der Waals surface area (Å²) in [5, 5.41) is 15.8. The highest BCUT2D eigenvalue weighted by atomic mass is 35.5. The summed E-state index contributed by atoms with van der Waals surface area (Å²) in [5.74, 6) is -1.20. The molecule has 1 atom stereocenters. The van der Waals surface area contributed by atoms with Gasteiger partial charge in [-0.05, 0) is 18.6 Å². The average molecular weight is 484 g/mol. The number of aromatic nitrogens is 2. The normalized spacial score (nSPS) is 18.1. The van der Waals surface area contributed by atoms with E-state index in [2.05, 4.69) is 10.5 Å². The van der Waals surface area contributed by atoms with Crippen LogP contribution in [0.3, 0.4) is 0 Å². The van der Waals surface area contributed by atoms with Gasteiger partial charge in [0.05, 0.1) is 41.8 Å². The molecule has 0 aliphatic carbocycles. The van der Waals surface area contributed by atoms with Crippen LogP contribution in [0, 0.1) is 0 Å². The lowest BCUT2D eigenvalue weighted by Crippen LogP contribution is -2.44. The number of aliphatic hydroxyl groups is 1. The predicted molar refractivity (Wildman–Crippen MR) is 127 cm³/mol. The van der Waals surface area contributed by atoms with Crippen molar-refractivity contribution in [3.63, 3.8) is 0 Å². The number of cyclic esters (lactones) is 1. The highest BCUT2D eigenvalue weighted by molar-refractivity contribution is 6.02. The van der Waals surface area contributed by atoms with Crippen LogP contribution < -0.4 is 16.7 Å². The fraction of sp³-hybridized carbons (Fsp3) is 0.261. The zero-order chi connectivity index (χ0) is 23.3. The van der Waals surface area contributed by atoms with Crippen LogP contribution >= 0.6 is 12.4 Å². The Morgan fingerprint density at radius 1 is 1.35 bits per heavy atom. The minimum atomic E-state index is -1.89. The Morgan fingerprint density at radius 2 is 2.12 bits per heavy atom. The number of halogens is 1. The standard InChI is InChI=1S/C23H21N5O5.ClH/c1-2-23(32)16-7-18-20-14(10-28(18)21(30)15(16)11-33-22(23)31)13(9-25-27-19(29)8-24)12-5-3-4-6-17(12)26-20;/h3-7,9,32H,2,8,10-11,24H2,1H3,(H,27,29);1H/t23-;/m0./s1. The van der Waals surface area contributed by atoms with E-state index < -0.39 is 17.5 Å². The van der Waals surface area contributed by atoms with Crippen molar-refractivity contribution < 1.29 is 19.4 Å². The van der Waals surface area contributed by atoms with E-state index in [1.807, 2.05) is 24.3 Å². The first-order valence-electron chi connectivity index (χ1n) is 10.5. The van der Waals surface area contributed by atoms with Crippen molar-refractivity contribution in [1.82, 2.24) is 15.0 Å². The number of amides is 1. The van der Waals surface area contributed by atoms with Gasteiger partial charge in [-0.15, -0.1) is 12.4 Å². The number of rotatable bonds is 4. The zero-order valence-corrected chi connectivity index (χ0v) is 19.0. The third-order valence-corrected chi connectivity index (χ3v) is 6.21. The number of nitrogens with one attached hydrogen (secondary N) is 1. The maximum atomic E-state index is 13.4. The number of nitrogens with two attached hydrogens (primary N) is 1. The average Bonchev–Trinajstić information content (AvgIpc) is 3.20. The lowest BCUT2D eigenvalue weighted by molar-refractivity contribution is -0.172. The summed E-state index contributed by atoms with van der Waals surface area (Å²) in [5.41, 5.74) is 9.13. The van der Waals surface area contributed by atoms with Crippen LogP contribution in [-0.2, 0) is 33.1 Å². The van der Waals surface area contributed by atoms with Gasteiger partial charge in [-0.25, -0.2) is 15.2 Å². The molecular weight excluding hydrogens is 462 g/mol. The molecule has 10 nitrogen and oxygen atoms in total. The number of ether oxygens (including phenoxy) is 1. The van der Waals surface area contributed by atoms with Crippen LogP contribution in [0.15, 0.2) is 40.2 Å². The Hall–Kier alpha value is -3.60. The molecule has 0 bridgehead atoms. The molecule has 3 aromatic rings. The van der Waals surface area contributed by atoms with E-state index in [-0.39, 0.29) is 55.2 Å². The van der Waals surface area contributed by atoms with E-state index in [4.69, 9.17) is 15.5 Å². The molecule has 0 fully saturated rings. The number of para-hydroxylation sites is 1. The summed E-state index contributed by atoms with van der Waals surface area (Å²) in [6.45, 7) is 1.49. The van der Waals surface area contributed by atoms with Crippen molar-refractivity contribution in [2.45, 2.75) is 32.1 Å². The third-order valence-electron chi connectivity index (χ3n) is 6.21. The van der Waals surface area contributed by atoms with Crippen molar-refractivity contribution in [2.24, 2.45) is 10.8 Å². The molecule has 1 aromatic carbocycles. The first-order valence-corrected chi connectivity index (χ1v) is 10.5. The molecule has 2 aliphatic rings. The predicted octanol–water partition coefficient (Wildman–Crippen LogP) is 0.910. The first-order chi connectivity index (χ1) is 15.9. The Kier molecular flexibility index (Phi) is 5.98. The van der Waals surface area contributed by atoms with Gasteiger partial charge in [-0.2, -0.15) is 5.10 Å². The van der Waals surface area contributed by atoms with E-state index in [1.54, 1.807) is 17.6 Å². The Morgan fingerprint density at radius 3 is 2.85 bits per heavy atom. The van der Waals surface area contributed by atoms with E-state index in [0.717, 1.165) is 10.9 Å². The fourth-order valence-corrected chi connectivity index (χ4v) is 4.42. The number of hydrogen-bond donors (Lipinski definition) is 3. The van der Waals surface area contributed by atoms with Crippen LogP contribution in [0.4, 0.5) is 0 Å². The molecule has 1 amide bonds. The summed E-state index contributed by atoms with van der Waals surface area (Å²) in [6, 6.07) is 9.09. The van der Waals surface area contributed by atoms with Crippen molar-refractivity contribution in [3.05, 3.63) is 62.9 Å². The molecular formula is C23H22ClN5O5. The molecule has 176 valence electrons. The molecule has 4 N–H and O–H groups in total.